The summed E-state index contributed by atoms with van der Waals surface area (Å²) in [6.45, 7) is 3.64. The van der Waals surface area contributed by atoms with Crippen molar-refractivity contribution < 1.29 is 0 Å². The molecule has 0 nitrogen and oxygen atoms in total. The number of allylic oxidation sites excluding steroid dienone is 1. The van der Waals surface area contributed by atoms with Gasteiger partial charge in [0.25, 0.3) is 0 Å². The van der Waals surface area contributed by atoms with E-state index in [1.54, 1.807) is 11.3 Å². The molecule has 0 spiro atoms. The standard InChI is InChI=1S/C7H8S.ClH/c1-2-4-7-5-3-6-8-7;/h2-3,5-6H,1,4H2;1H. The van der Waals surface area contributed by atoms with Crippen LogP contribution in [-0.2, 0) is 6.42 Å². The van der Waals surface area contributed by atoms with Gasteiger partial charge in [0, 0.05) is 4.88 Å². The van der Waals surface area contributed by atoms with E-state index in [0.717, 1.165) is 6.42 Å². The van der Waals surface area contributed by atoms with Crippen LogP contribution in [0.25, 0.3) is 0 Å². The fraction of sp³-hybridized carbons (Fsp3) is 0.143. The molecule has 0 aliphatic carbocycles. The first kappa shape index (κ1) is 8.73. The highest BCUT2D eigenvalue weighted by atomic mass is 35.5. The van der Waals surface area contributed by atoms with Gasteiger partial charge in [0.15, 0.2) is 0 Å². The van der Waals surface area contributed by atoms with Crippen molar-refractivity contribution in [1.29, 1.82) is 0 Å². The van der Waals surface area contributed by atoms with Gasteiger partial charge >= 0.3 is 0 Å². The molecule has 0 aliphatic heterocycles. The topological polar surface area (TPSA) is 0 Å². The van der Waals surface area contributed by atoms with Gasteiger partial charge in [0.2, 0.25) is 0 Å². The Kier molecular flexibility index (Phi) is 4.46. The van der Waals surface area contributed by atoms with Gasteiger partial charge in [-0.2, -0.15) is 0 Å². The molecule has 9 heavy (non-hydrogen) atoms. The second-order valence-corrected chi connectivity index (χ2v) is 2.60. The van der Waals surface area contributed by atoms with Crippen molar-refractivity contribution in [2.45, 2.75) is 6.42 Å². The Hall–Kier alpha value is -0.270. The highest BCUT2D eigenvalue weighted by Crippen LogP contribution is 2.08. The first-order valence-electron chi connectivity index (χ1n) is 2.57. The Morgan fingerprint density at radius 2 is 2.44 bits per heavy atom. The zero-order valence-corrected chi connectivity index (χ0v) is 6.67. The van der Waals surface area contributed by atoms with E-state index in [1.807, 2.05) is 6.08 Å². The van der Waals surface area contributed by atoms with Gasteiger partial charge in [0.1, 0.15) is 0 Å². The lowest BCUT2D eigenvalue weighted by Gasteiger charge is -1.81. The molecule has 0 radical (unpaired) electrons. The quantitative estimate of drug-likeness (QED) is 0.584. The van der Waals surface area contributed by atoms with Gasteiger partial charge in [-0.1, -0.05) is 12.1 Å². The predicted octanol–water partition coefficient (Wildman–Crippen LogP) is 2.90. The Bertz CT molecular complexity index is 155. The zero-order chi connectivity index (χ0) is 5.82. The smallest absolute Gasteiger partial charge is 0.00827 e. The number of halogens is 1. The molecule has 0 N–H and O–H groups in total. The Balaban J connectivity index is 0.000000640. The molecule has 0 amide bonds. The van der Waals surface area contributed by atoms with E-state index in [9.17, 15) is 0 Å². The number of hydrogen-bond acceptors (Lipinski definition) is 1. The van der Waals surface area contributed by atoms with Gasteiger partial charge in [-0.15, -0.1) is 30.3 Å². The number of rotatable bonds is 2. The summed E-state index contributed by atoms with van der Waals surface area (Å²) in [4.78, 5) is 1.39. The fourth-order valence-corrected chi connectivity index (χ4v) is 1.27. The molecule has 1 aromatic rings. The van der Waals surface area contributed by atoms with Crippen LogP contribution < -0.4 is 0 Å². The molecular formula is C7H9ClS. The van der Waals surface area contributed by atoms with Crippen LogP contribution in [-0.4, -0.2) is 0 Å². The Morgan fingerprint density at radius 3 is 2.89 bits per heavy atom. The largest absolute Gasteiger partial charge is 0.149 e. The average Bonchev–Trinajstić information content (AvgIpc) is 2.19. The molecular weight excluding hydrogens is 152 g/mol. The summed E-state index contributed by atoms with van der Waals surface area (Å²) in [5.41, 5.74) is 0. The third-order valence-corrected chi connectivity index (χ3v) is 1.82. The van der Waals surface area contributed by atoms with Crippen molar-refractivity contribution in [3.05, 3.63) is 35.0 Å². The van der Waals surface area contributed by atoms with Crippen LogP contribution in [0.3, 0.4) is 0 Å². The van der Waals surface area contributed by atoms with Crippen molar-refractivity contribution in [1.82, 2.24) is 0 Å². The molecule has 0 saturated carbocycles. The Labute approximate surface area is 65.6 Å². The maximum atomic E-state index is 3.64. The molecule has 1 aromatic heterocycles. The Morgan fingerprint density at radius 1 is 1.67 bits per heavy atom. The van der Waals surface area contributed by atoms with Crippen molar-refractivity contribution in [2.24, 2.45) is 0 Å². The number of hydrogen-bond donors (Lipinski definition) is 0. The first-order chi connectivity index (χ1) is 3.93. The molecule has 2 heteroatoms. The molecule has 1 rings (SSSR count). The van der Waals surface area contributed by atoms with Gasteiger partial charge in [-0.05, 0) is 17.9 Å². The van der Waals surface area contributed by atoms with E-state index in [4.69, 9.17) is 0 Å². The summed E-state index contributed by atoms with van der Waals surface area (Å²) in [6.07, 6.45) is 2.93. The third kappa shape index (κ3) is 2.68. The third-order valence-electron chi connectivity index (χ3n) is 0.926. The SMILES string of the molecule is C=CCc1cccs1.Cl. The van der Waals surface area contributed by atoms with Crippen molar-refractivity contribution in [2.75, 3.05) is 0 Å². The maximum Gasteiger partial charge on any atom is 0.00827 e. The van der Waals surface area contributed by atoms with E-state index in [2.05, 4.69) is 24.1 Å². The highest BCUT2D eigenvalue weighted by Gasteiger charge is 1.84. The molecule has 0 bridgehead atoms. The minimum absolute atomic E-state index is 0. The first-order valence-corrected chi connectivity index (χ1v) is 3.44. The van der Waals surface area contributed by atoms with Crippen molar-refractivity contribution in [3.63, 3.8) is 0 Å². The second kappa shape index (κ2) is 4.59. The average molecular weight is 161 g/mol. The normalized spacial score (nSPS) is 8.00. The summed E-state index contributed by atoms with van der Waals surface area (Å²) >= 11 is 1.78. The van der Waals surface area contributed by atoms with Crippen LogP contribution in [0.15, 0.2) is 30.2 Å². The minimum atomic E-state index is 0. The van der Waals surface area contributed by atoms with E-state index in [0.29, 0.717) is 0 Å². The van der Waals surface area contributed by atoms with E-state index < -0.39 is 0 Å². The maximum absolute atomic E-state index is 3.64. The van der Waals surface area contributed by atoms with Crippen LogP contribution in [0.1, 0.15) is 4.88 Å². The van der Waals surface area contributed by atoms with E-state index in [1.165, 1.54) is 4.88 Å². The fourth-order valence-electron chi connectivity index (χ4n) is 0.571. The van der Waals surface area contributed by atoms with Gasteiger partial charge in [0.05, 0.1) is 0 Å². The molecule has 0 atom stereocenters. The van der Waals surface area contributed by atoms with Crippen LogP contribution in [0.4, 0.5) is 0 Å². The van der Waals surface area contributed by atoms with Crippen LogP contribution in [0.2, 0.25) is 0 Å². The van der Waals surface area contributed by atoms with Crippen LogP contribution in [0.5, 0.6) is 0 Å². The van der Waals surface area contributed by atoms with E-state index >= 15 is 0 Å². The summed E-state index contributed by atoms with van der Waals surface area (Å²) in [5, 5.41) is 2.08. The predicted molar refractivity (Wildman–Crippen MR) is 45.5 cm³/mol. The number of thiophene rings is 1. The summed E-state index contributed by atoms with van der Waals surface area (Å²) in [7, 11) is 0. The lowest BCUT2D eigenvalue weighted by Crippen LogP contribution is -1.66. The van der Waals surface area contributed by atoms with Gasteiger partial charge in [-0.25, -0.2) is 0 Å². The molecule has 0 saturated heterocycles. The summed E-state index contributed by atoms with van der Waals surface area (Å²) < 4.78 is 0. The minimum Gasteiger partial charge on any atom is -0.149 e. The van der Waals surface area contributed by atoms with Crippen molar-refractivity contribution >= 4 is 23.7 Å². The zero-order valence-electron chi connectivity index (χ0n) is 5.04. The molecule has 50 valence electrons. The van der Waals surface area contributed by atoms with Crippen molar-refractivity contribution in [3.8, 4) is 0 Å². The second-order valence-electron chi connectivity index (χ2n) is 1.57. The summed E-state index contributed by atoms with van der Waals surface area (Å²) in [5.74, 6) is 0. The summed E-state index contributed by atoms with van der Waals surface area (Å²) in [6, 6.07) is 4.18. The molecule has 0 aromatic carbocycles. The van der Waals surface area contributed by atoms with E-state index in [-0.39, 0.29) is 12.4 Å². The molecule has 0 unspecified atom stereocenters. The molecule has 1 heterocycles. The van der Waals surface area contributed by atoms with Crippen LogP contribution in [0, 0.1) is 0 Å². The highest BCUT2D eigenvalue weighted by molar-refractivity contribution is 7.09. The lowest BCUT2D eigenvalue weighted by molar-refractivity contribution is 1.36. The van der Waals surface area contributed by atoms with Gasteiger partial charge < -0.3 is 0 Å². The van der Waals surface area contributed by atoms with Gasteiger partial charge in [-0.3, -0.25) is 0 Å². The molecule has 0 aliphatic rings. The monoisotopic (exact) mass is 160 g/mol. The molecule has 0 fully saturated rings. The van der Waals surface area contributed by atoms with Crippen LogP contribution >= 0.6 is 23.7 Å². The lowest BCUT2D eigenvalue weighted by atomic mass is 10.3.